The highest BCUT2D eigenvalue weighted by atomic mass is 19.1. The Bertz CT molecular complexity index is 481. The van der Waals surface area contributed by atoms with E-state index in [4.69, 9.17) is 11.0 Å². The maximum Gasteiger partial charge on any atom is 0.229 e. The summed E-state index contributed by atoms with van der Waals surface area (Å²) in [5, 5.41) is 11.3. The predicted molar refractivity (Wildman–Crippen MR) is 55.8 cm³/mol. The quantitative estimate of drug-likeness (QED) is 0.778. The van der Waals surface area contributed by atoms with Crippen LogP contribution in [-0.2, 0) is 4.79 Å². The second-order valence-corrected chi connectivity index (χ2v) is 3.77. The number of nitrogens with two attached hydrogens (primary N) is 1. The largest absolute Gasteiger partial charge is 0.327 e. The van der Waals surface area contributed by atoms with Crippen molar-refractivity contribution in [3.8, 4) is 6.07 Å². The van der Waals surface area contributed by atoms with E-state index < -0.39 is 5.82 Å². The van der Waals surface area contributed by atoms with Gasteiger partial charge in [-0.25, -0.2) is 4.39 Å². The maximum absolute atomic E-state index is 13.2. The van der Waals surface area contributed by atoms with E-state index in [1.807, 2.05) is 0 Å². The first kappa shape index (κ1) is 10.6. The van der Waals surface area contributed by atoms with Gasteiger partial charge in [0.2, 0.25) is 5.91 Å². The van der Waals surface area contributed by atoms with Gasteiger partial charge in [0.15, 0.2) is 0 Å². The molecule has 1 fully saturated rings. The van der Waals surface area contributed by atoms with Crippen LogP contribution in [0.3, 0.4) is 0 Å². The molecule has 2 unspecified atom stereocenters. The third-order valence-electron chi connectivity index (χ3n) is 2.56. The Kier molecular flexibility index (Phi) is 2.59. The van der Waals surface area contributed by atoms with Gasteiger partial charge < -0.3 is 11.1 Å². The summed E-state index contributed by atoms with van der Waals surface area (Å²) in [6.07, 6.45) is 0.642. The number of halogens is 1. The molecule has 82 valence electrons. The summed E-state index contributed by atoms with van der Waals surface area (Å²) in [4.78, 5) is 11.5. The summed E-state index contributed by atoms with van der Waals surface area (Å²) >= 11 is 0. The van der Waals surface area contributed by atoms with E-state index in [9.17, 15) is 9.18 Å². The van der Waals surface area contributed by atoms with Crippen LogP contribution in [0.4, 0.5) is 10.1 Å². The van der Waals surface area contributed by atoms with E-state index in [-0.39, 0.29) is 29.1 Å². The fourth-order valence-electron chi connectivity index (χ4n) is 1.48. The third-order valence-corrected chi connectivity index (χ3v) is 2.56. The molecule has 5 heteroatoms. The molecule has 0 heterocycles. The van der Waals surface area contributed by atoms with Crippen molar-refractivity contribution in [1.82, 2.24) is 0 Å². The summed E-state index contributed by atoms with van der Waals surface area (Å²) in [6.45, 7) is 0. The topological polar surface area (TPSA) is 78.9 Å². The van der Waals surface area contributed by atoms with Gasteiger partial charge >= 0.3 is 0 Å². The molecule has 1 aromatic rings. The molecule has 0 radical (unpaired) electrons. The molecule has 1 amide bonds. The number of carbonyl (C=O) groups excluding carboxylic acids is 1. The molecule has 2 rings (SSSR count). The van der Waals surface area contributed by atoms with Gasteiger partial charge in [-0.3, -0.25) is 4.79 Å². The fraction of sp³-hybridized carbons (Fsp3) is 0.273. The summed E-state index contributed by atoms with van der Waals surface area (Å²) in [7, 11) is 0. The molecule has 1 aromatic carbocycles. The van der Waals surface area contributed by atoms with Crippen molar-refractivity contribution < 1.29 is 9.18 Å². The lowest BCUT2D eigenvalue weighted by Crippen LogP contribution is -2.19. The average Bonchev–Trinajstić information content (AvgIpc) is 2.96. The Morgan fingerprint density at radius 1 is 1.62 bits per heavy atom. The molecular weight excluding hydrogens is 209 g/mol. The van der Waals surface area contributed by atoms with Gasteiger partial charge in [0.25, 0.3) is 0 Å². The van der Waals surface area contributed by atoms with Gasteiger partial charge in [-0.05, 0) is 18.6 Å². The van der Waals surface area contributed by atoms with Crippen molar-refractivity contribution in [2.45, 2.75) is 12.5 Å². The van der Waals surface area contributed by atoms with E-state index in [2.05, 4.69) is 5.32 Å². The van der Waals surface area contributed by atoms with Gasteiger partial charge in [-0.1, -0.05) is 6.07 Å². The Hall–Kier alpha value is -1.93. The zero-order valence-corrected chi connectivity index (χ0v) is 8.40. The number of anilines is 1. The molecule has 0 aliphatic heterocycles. The molecule has 4 nitrogen and oxygen atoms in total. The number of benzene rings is 1. The lowest BCUT2D eigenvalue weighted by Gasteiger charge is -2.06. The van der Waals surface area contributed by atoms with Crippen LogP contribution in [0, 0.1) is 23.1 Å². The van der Waals surface area contributed by atoms with E-state index in [0.717, 1.165) is 0 Å². The first-order valence-corrected chi connectivity index (χ1v) is 4.88. The summed E-state index contributed by atoms with van der Waals surface area (Å²) < 4.78 is 13.2. The van der Waals surface area contributed by atoms with Gasteiger partial charge in [-0.15, -0.1) is 0 Å². The first-order chi connectivity index (χ1) is 7.63. The van der Waals surface area contributed by atoms with Crippen LogP contribution in [0.15, 0.2) is 18.2 Å². The minimum atomic E-state index is -0.639. The summed E-state index contributed by atoms with van der Waals surface area (Å²) in [5.74, 6) is -1.11. The maximum atomic E-state index is 13.2. The SMILES string of the molecule is N#Cc1c(F)cccc1NC(=O)C1CC1N. The predicted octanol–water partition coefficient (Wildman–Crippen LogP) is 0.983. The number of hydrogen-bond donors (Lipinski definition) is 2. The first-order valence-electron chi connectivity index (χ1n) is 4.88. The molecule has 1 aliphatic carbocycles. The number of amides is 1. The molecule has 0 aromatic heterocycles. The van der Waals surface area contributed by atoms with E-state index in [1.165, 1.54) is 18.2 Å². The second-order valence-electron chi connectivity index (χ2n) is 3.77. The zero-order chi connectivity index (χ0) is 11.7. The molecule has 3 N–H and O–H groups in total. The van der Waals surface area contributed by atoms with Crippen molar-refractivity contribution in [3.63, 3.8) is 0 Å². The molecule has 2 atom stereocenters. The number of rotatable bonds is 2. The van der Waals surface area contributed by atoms with Gasteiger partial charge in [0, 0.05) is 6.04 Å². The van der Waals surface area contributed by atoms with E-state index in [0.29, 0.717) is 6.42 Å². The van der Waals surface area contributed by atoms with E-state index in [1.54, 1.807) is 6.07 Å². The summed E-state index contributed by atoms with van der Waals surface area (Å²) in [6, 6.07) is 5.72. The normalized spacial score (nSPS) is 22.3. The van der Waals surface area contributed by atoms with Crippen molar-refractivity contribution in [3.05, 3.63) is 29.6 Å². The van der Waals surface area contributed by atoms with Crippen LogP contribution in [-0.4, -0.2) is 11.9 Å². The van der Waals surface area contributed by atoms with Crippen molar-refractivity contribution >= 4 is 11.6 Å². The minimum absolute atomic E-state index is 0.112. The molecule has 1 saturated carbocycles. The molecule has 0 saturated heterocycles. The highest BCUT2D eigenvalue weighted by molar-refractivity contribution is 5.96. The standard InChI is InChI=1S/C11H10FN3O/c12-8-2-1-3-10(7(8)5-13)15-11(16)6-4-9(6)14/h1-3,6,9H,4,14H2,(H,15,16). The van der Waals surface area contributed by atoms with Crippen LogP contribution in [0.5, 0.6) is 0 Å². The van der Waals surface area contributed by atoms with Gasteiger partial charge in [0.1, 0.15) is 17.4 Å². The lowest BCUT2D eigenvalue weighted by molar-refractivity contribution is -0.117. The Labute approximate surface area is 91.9 Å². The number of hydrogen-bond acceptors (Lipinski definition) is 3. The van der Waals surface area contributed by atoms with Crippen LogP contribution in [0.1, 0.15) is 12.0 Å². The monoisotopic (exact) mass is 219 g/mol. The van der Waals surface area contributed by atoms with Crippen molar-refractivity contribution in [1.29, 1.82) is 5.26 Å². The van der Waals surface area contributed by atoms with Crippen molar-refractivity contribution in [2.75, 3.05) is 5.32 Å². The van der Waals surface area contributed by atoms with Gasteiger partial charge in [-0.2, -0.15) is 5.26 Å². The highest BCUT2D eigenvalue weighted by Crippen LogP contribution is 2.29. The van der Waals surface area contributed by atoms with Crippen LogP contribution in [0.2, 0.25) is 0 Å². The third kappa shape index (κ3) is 1.88. The smallest absolute Gasteiger partial charge is 0.229 e. The van der Waals surface area contributed by atoms with Crippen molar-refractivity contribution in [2.24, 2.45) is 11.7 Å². The Morgan fingerprint density at radius 2 is 2.31 bits per heavy atom. The fourth-order valence-corrected chi connectivity index (χ4v) is 1.48. The molecule has 16 heavy (non-hydrogen) atoms. The van der Waals surface area contributed by atoms with Crippen LogP contribution < -0.4 is 11.1 Å². The molecule has 0 bridgehead atoms. The average molecular weight is 219 g/mol. The zero-order valence-electron chi connectivity index (χ0n) is 8.40. The molecular formula is C11H10FN3O. The second kappa shape index (κ2) is 3.91. The lowest BCUT2D eigenvalue weighted by atomic mass is 10.2. The number of nitriles is 1. The number of nitrogens with one attached hydrogen (secondary N) is 1. The molecule has 0 spiro atoms. The van der Waals surface area contributed by atoms with Crippen LogP contribution >= 0.6 is 0 Å². The Balaban J connectivity index is 2.19. The number of nitrogens with zero attached hydrogens (tertiary/aromatic N) is 1. The minimum Gasteiger partial charge on any atom is -0.327 e. The van der Waals surface area contributed by atoms with Crippen LogP contribution in [0.25, 0.3) is 0 Å². The molecule has 1 aliphatic rings. The van der Waals surface area contributed by atoms with E-state index >= 15 is 0 Å². The number of carbonyl (C=O) groups is 1. The Morgan fingerprint density at radius 3 is 2.88 bits per heavy atom. The summed E-state index contributed by atoms with van der Waals surface area (Å²) in [5.41, 5.74) is 5.57. The van der Waals surface area contributed by atoms with Gasteiger partial charge in [0.05, 0.1) is 11.6 Å². The highest BCUT2D eigenvalue weighted by Gasteiger charge is 2.40.